The molecule has 21 heavy (non-hydrogen) atoms. The normalized spacial score (nSPS) is 11.3. The van der Waals surface area contributed by atoms with Crippen molar-refractivity contribution in [2.45, 2.75) is 32.6 Å². The Hall–Kier alpha value is -1.34. The number of hydrogen-bond donors (Lipinski definition) is 0. The van der Waals surface area contributed by atoms with E-state index < -0.39 is 14.0 Å². The van der Waals surface area contributed by atoms with Crippen LogP contribution in [0.1, 0.15) is 31.2 Å². The molecule has 0 saturated heterocycles. The highest BCUT2D eigenvalue weighted by Gasteiger charge is 2.08. The lowest BCUT2D eigenvalue weighted by molar-refractivity contribution is -0.384. The van der Waals surface area contributed by atoms with Crippen LogP contribution in [0.3, 0.4) is 0 Å². The molecule has 1 rings (SSSR count). The summed E-state index contributed by atoms with van der Waals surface area (Å²) in [6.45, 7) is 2.25. The molecule has 0 aliphatic heterocycles. The van der Waals surface area contributed by atoms with Gasteiger partial charge in [0.05, 0.1) is 17.3 Å². The average Bonchev–Trinajstić information content (AvgIpc) is 2.37. The fourth-order valence-electron chi connectivity index (χ4n) is 1.82. The molecular formula is C13H18ClNO5S. The molecule has 0 bridgehead atoms. The lowest BCUT2D eigenvalue weighted by Crippen LogP contribution is -2.01. The highest BCUT2D eigenvalue weighted by molar-refractivity contribution is 8.13. The first-order valence-corrected chi connectivity index (χ1v) is 9.07. The second kappa shape index (κ2) is 8.19. The number of nitro groups is 1. The zero-order valence-electron chi connectivity index (χ0n) is 11.7. The highest BCUT2D eigenvalue weighted by Crippen LogP contribution is 2.23. The molecule has 0 fully saturated rings. The molecule has 8 heteroatoms. The molecule has 0 amide bonds. The van der Waals surface area contributed by atoms with Crippen molar-refractivity contribution < 1.29 is 18.1 Å². The van der Waals surface area contributed by atoms with Gasteiger partial charge in [-0.2, -0.15) is 0 Å². The molecule has 0 atom stereocenters. The van der Waals surface area contributed by atoms with Gasteiger partial charge in [-0.15, -0.1) is 0 Å². The van der Waals surface area contributed by atoms with Crippen LogP contribution in [-0.4, -0.2) is 25.7 Å². The molecule has 0 heterocycles. The third-order valence-electron chi connectivity index (χ3n) is 2.91. The molecule has 1 aromatic carbocycles. The first kappa shape index (κ1) is 17.7. The van der Waals surface area contributed by atoms with E-state index in [-0.39, 0.29) is 11.4 Å². The van der Waals surface area contributed by atoms with Crippen LogP contribution in [0.2, 0.25) is 0 Å². The van der Waals surface area contributed by atoms with Crippen molar-refractivity contribution in [2.75, 3.05) is 12.4 Å². The van der Waals surface area contributed by atoms with E-state index in [0.29, 0.717) is 18.8 Å². The zero-order valence-corrected chi connectivity index (χ0v) is 13.3. The van der Waals surface area contributed by atoms with Gasteiger partial charge in [-0.05, 0) is 31.4 Å². The van der Waals surface area contributed by atoms with Gasteiger partial charge in [0.15, 0.2) is 0 Å². The van der Waals surface area contributed by atoms with Gasteiger partial charge >= 0.3 is 0 Å². The van der Waals surface area contributed by atoms with Crippen molar-refractivity contribution in [1.82, 2.24) is 0 Å². The van der Waals surface area contributed by atoms with Gasteiger partial charge < -0.3 is 4.74 Å². The Morgan fingerprint density at radius 1 is 1.24 bits per heavy atom. The van der Waals surface area contributed by atoms with Crippen LogP contribution in [0.4, 0.5) is 5.69 Å². The summed E-state index contributed by atoms with van der Waals surface area (Å²) in [4.78, 5) is 10.2. The zero-order chi connectivity index (χ0) is 15.9. The number of unbranched alkanes of at least 4 members (excludes halogenated alkanes) is 3. The smallest absolute Gasteiger partial charge is 0.269 e. The van der Waals surface area contributed by atoms with Crippen molar-refractivity contribution in [3.8, 4) is 5.75 Å². The van der Waals surface area contributed by atoms with Gasteiger partial charge in [0, 0.05) is 22.8 Å². The third-order valence-corrected chi connectivity index (χ3v) is 4.15. The van der Waals surface area contributed by atoms with Gasteiger partial charge in [0.2, 0.25) is 9.05 Å². The fourth-order valence-corrected chi connectivity index (χ4v) is 2.70. The van der Waals surface area contributed by atoms with Gasteiger partial charge in [0.1, 0.15) is 5.75 Å². The van der Waals surface area contributed by atoms with E-state index in [4.69, 9.17) is 15.4 Å². The Kier molecular flexibility index (Phi) is 6.91. The van der Waals surface area contributed by atoms with Crippen molar-refractivity contribution in [1.29, 1.82) is 0 Å². The van der Waals surface area contributed by atoms with E-state index in [2.05, 4.69) is 0 Å². The van der Waals surface area contributed by atoms with Crippen LogP contribution in [0.5, 0.6) is 5.75 Å². The topological polar surface area (TPSA) is 86.5 Å². The largest absolute Gasteiger partial charge is 0.493 e. The molecule has 1 aromatic rings. The standard InChI is InChI=1S/C13H18ClNO5S/c1-11-10-12(15(16)17)6-7-13(11)20-8-4-2-3-5-9-21(14,18)19/h6-7,10H,2-5,8-9H2,1H3. The van der Waals surface area contributed by atoms with Crippen molar-refractivity contribution in [2.24, 2.45) is 0 Å². The van der Waals surface area contributed by atoms with Gasteiger partial charge in [-0.1, -0.05) is 12.8 Å². The van der Waals surface area contributed by atoms with Crippen molar-refractivity contribution in [3.63, 3.8) is 0 Å². The molecule has 0 aliphatic carbocycles. The Morgan fingerprint density at radius 2 is 1.90 bits per heavy atom. The monoisotopic (exact) mass is 335 g/mol. The Labute approximate surface area is 128 Å². The lowest BCUT2D eigenvalue weighted by atomic mass is 10.2. The van der Waals surface area contributed by atoms with Crippen LogP contribution in [-0.2, 0) is 9.05 Å². The number of nitrogens with zero attached hydrogens (tertiary/aromatic N) is 1. The summed E-state index contributed by atoms with van der Waals surface area (Å²) in [6, 6.07) is 4.47. The van der Waals surface area contributed by atoms with Crippen LogP contribution < -0.4 is 4.74 Å². The second-order valence-corrected chi connectivity index (χ2v) is 7.61. The van der Waals surface area contributed by atoms with Crippen LogP contribution in [0.15, 0.2) is 18.2 Å². The molecule has 118 valence electrons. The van der Waals surface area contributed by atoms with Gasteiger partial charge in [0.25, 0.3) is 5.69 Å². The summed E-state index contributed by atoms with van der Waals surface area (Å²) in [6.07, 6.45) is 2.95. The summed E-state index contributed by atoms with van der Waals surface area (Å²) in [7, 11) is 1.71. The molecule has 0 radical (unpaired) electrons. The highest BCUT2D eigenvalue weighted by atomic mass is 35.7. The summed E-state index contributed by atoms with van der Waals surface area (Å²) < 4.78 is 27.0. The van der Waals surface area contributed by atoms with E-state index >= 15 is 0 Å². The SMILES string of the molecule is Cc1cc([N+](=O)[O-])ccc1OCCCCCCS(=O)(=O)Cl. The first-order chi connectivity index (χ1) is 9.79. The minimum Gasteiger partial charge on any atom is -0.493 e. The number of aryl methyl sites for hydroxylation is 1. The Bertz CT molecular complexity index is 588. The van der Waals surface area contributed by atoms with Crippen LogP contribution in [0, 0.1) is 17.0 Å². The van der Waals surface area contributed by atoms with E-state index in [1.54, 1.807) is 13.0 Å². The molecule has 0 aliphatic rings. The quantitative estimate of drug-likeness (QED) is 0.299. The summed E-state index contributed by atoms with van der Waals surface area (Å²) in [5.41, 5.74) is 0.763. The van der Waals surface area contributed by atoms with Gasteiger partial charge in [-0.25, -0.2) is 8.42 Å². The number of halogens is 1. The van der Waals surface area contributed by atoms with E-state index in [1.807, 2.05) is 0 Å². The van der Waals surface area contributed by atoms with Crippen molar-refractivity contribution in [3.05, 3.63) is 33.9 Å². The summed E-state index contributed by atoms with van der Waals surface area (Å²) >= 11 is 0. The van der Waals surface area contributed by atoms with Crippen LogP contribution >= 0.6 is 10.7 Å². The molecule has 0 aromatic heterocycles. The van der Waals surface area contributed by atoms with Gasteiger partial charge in [-0.3, -0.25) is 10.1 Å². The number of nitro benzene ring substituents is 1. The minimum absolute atomic E-state index is 0.00310. The molecule has 0 N–H and O–H groups in total. The minimum atomic E-state index is -3.39. The number of hydrogen-bond acceptors (Lipinski definition) is 5. The van der Waals surface area contributed by atoms with E-state index in [1.165, 1.54) is 12.1 Å². The predicted molar refractivity (Wildman–Crippen MR) is 81.4 cm³/mol. The summed E-state index contributed by atoms with van der Waals surface area (Å²) in [5, 5.41) is 10.6. The average molecular weight is 336 g/mol. The number of non-ortho nitro benzene ring substituents is 1. The lowest BCUT2D eigenvalue weighted by Gasteiger charge is -2.08. The number of rotatable bonds is 9. The van der Waals surface area contributed by atoms with E-state index in [0.717, 1.165) is 24.8 Å². The van der Waals surface area contributed by atoms with Crippen molar-refractivity contribution >= 4 is 25.4 Å². The number of benzene rings is 1. The Balaban J connectivity index is 2.26. The summed E-state index contributed by atoms with van der Waals surface area (Å²) in [5.74, 6) is 0.626. The molecule has 0 spiro atoms. The molecule has 0 saturated carbocycles. The fraction of sp³-hybridized carbons (Fsp3) is 0.538. The maximum atomic E-state index is 10.7. The maximum absolute atomic E-state index is 10.7. The molecular weight excluding hydrogens is 318 g/mol. The third kappa shape index (κ3) is 7.29. The van der Waals surface area contributed by atoms with E-state index in [9.17, 15) is 18.5 Å². The maximum Gasteiger partial charge on any atom is 0.269 e. The molecule has 6 nitrogen and oxygen atoms in total. The Morgan fingerprint density at radius 3 is 2.48 bits per heavy atom. The first-order valence-electron chi connectivity index (χ1n) is 6.60. The predicted octanol–water partition coefficient (Wildman–Crippen LogP) is 3.41. The second-order valence-electron chi connectivity index (χ2n) is 4.71. The molecule has 0 unspecified atom stereocenters. The number of ether oxygens (including phenoxy) is 1. The van der Waals surface area contributed by atoms with Crippen LogP contribution in [0.25, 0.3) is 0 Å².